The summed E-state index contributed by atoms with van der Waals surface area (Å²) in [4.78, 5) is 14.3. The molecule has 1 fully saturated rings. The van der Waals surface area contributed by atoms with Crippen molar-refractivity contribution in [3.8, 4) is 0 Å². The first-order valence-electron chi connectivity index (χ1n) is 7.04. The van der Waals surface area contributed by atoms with Gasteiger partial charge in [0.2, 0.25) is 5.91 Å². The van der Waals surface area contributed by atoms with Gasteiger partial charge in [-0.15, -0.1) is 0 Å². The second-order valence-electron chi connectivity index (χ2n) is 5.06. The fourth-order valence-electron chi connectivity index (χ4n) is 2.37. The minimum atomic E-state index is -0.547. The lowest BCUT2D eigenvalue weighted by atomic mass is 9.89. The van der Waals surface area contributed by atoms with Crippen molar-refractivity contribution >= 4 is 11.7 Å². The molecular formula is C13H25N3O3. The number of rotatable bonds is 8. The molecule has 1 aliphatic carbocycles. The third-order valence-corrected chi connectivity index (χ3v) is 3.70. The molecule has 1 saturated carbocycles. The number of hydrogen-bond acceptors (Lipinski definition) is 4. The molecule has 0 aromatic carbocycles. The molecule has 1 atom stereocenters. The topological polar surface area (TPSA) is 99.2 Å². The van der Waals surface area contributed by atoms with Gasteiger partial charge in [0.05, 0.1) is 5.92 Å². The van der Waals surface area contributed by atoms with Gasteiger partial charge < -0.3 is 20.9 Å². The maximum Gasteiger partial charge on any atom is 0.233 e. The highest BCUT2D eigenvalue weighted by molar-refractivity contribution is 6.02. The average Bonchev–Trinajstić information content (AvgIpc) is 2.36. The Labute approximate surface area is 114 Å². The second-order valence-corrected chi connectivity index (χ2v) is 5.06. The summed E-state index contributed by atoms with van der Waals surface area (Å²) < 4.78 is 0. The Morgan fingerprint density at radius 1 is 1.53 bits per heavy atom. The summed E-state index contributed by atoms with van der Waals surface area (Å²) in [7, 11) is 0. The number of aliphatic hydroxyl groups is 1. The van der Waals surface area contributed by atoms with Gasteiger partial charge in [-0.3, -0.25) is 4.79 Å². The van der Waals surface area contributed by atoms with Gasteiger partial charge in [-0.2, -0.15) is 0 Å². The first kappa shape index (κ1) is 15.8. The van der Waals surface area contributed by atoms with Crippen LogP contribution in [0.1, 0.15) is 45.4 Å². The lowest BCUT2D eigenvalue weighted by Crippen LogP contribution is -2.50. The summed E-state index contributed by atoms with van der Waals surface area (Å²) in [5, 5.41) is 20.7. The number of aliphatic hydroxyl groups excluding tert-OH is 1. The molecule has 6 nitrogen and oxygen atoms in total. The summed E-state index contributed by atoms with van der Waals surface area (Å²) >= 11 is 0. The molecule has 1 rings (SSSR count). The average molecular weight is 271 g/mol. The Morgan fingerprint density at radius 2 is 2.21 bits per heavy atom. The molecule has 0 saturated heterocycles. The molecule has 4 N–H and O–H groups in total. The standard InChI is InChI=1S/C13H25N3O3/c1-2-5-11(12(14)15-19)13(18)16(8-4-9-17)10-6-3-7-10/h10-11,17,19H,2-9H2,1H3,(H2,14,15). The van der Waals surface area contributed by atoms with Gasteiger partial charge in [-0.25, -0.2) is 0 Å². The molecule has 1 amide bonds. The Bertz CT molecular complexity index is 316. The smallest absolute Gasteiger partial charge is 0.233 e. The Hall–Kier alpha value is -1.30. The van der Waals surface area contributed by atoms with E-state index in [2.05, 4.69) is 5.16 Å². The zero-order valence-corrected chi connectivity index (χ0v) is 11.6. The fourth-order valence-corrected chi connectivity index (χ4v) is 2.37. The lowest BCUT2D eigenvalue weighted by Gasteiger charge is -2.39. The normalized spacial score (nSPS) is 17.9. The van der Waals surface area contributed by atoms with Crippen molar-refractivity contribution in [1.82, 2.24) is 4.90 Å². The van der Waals surface area contributed by atoms with Gasteiger partial charge in [0.1, 0.15) is 0 Å². The van der Waals surface area contributed by atoms with E-state index in [0.717, 1.165) is 25.7 Å². The van der Waals surface area contributed by atoms with Crippen LogP contribution >= 0.6 is 0 Å². The predicted octanol–water partition coefficient (Wildman–Crippen LogP) is 0.913. The lowest BCUT2D eigenvalue weighted by molar-refractivity contribution is -0.138. The van der Waals surface area contributed by atoms with E-state index in [1.807, 2.05) is 6.92 Å². The first-order chi connectivity index (χ1) is 9.15. The van der Waals surface area contributed by atoms with Gasteiger partial charge in [-0.05, 0) is 32.1 Å². The summed E-state index contributed by atoms with van der Waals surface area (Å²) in [5.74, 6) is -0.634. The van der Waals surface area contributed by atoms with E-state index in [-0.39, 0.29) is 24.4 Å². The SMILES string of the molecule is CCCC(C(=O)N(CCCO)C1CCC1)C(N)=NO. The number of amides is 1. The number of nitrogens with zero attached hydrogens (tertiary/aromatic N) is 2. The molecule has 0 spiro atoms. The monoisotopic (exact) mass is 271 g/mol. The van der Waals surface area contributed by atoms with E-state index in [1.54, 1.807) is 4.90 Å². The number of carbonyl (C=O) groups excluding carboxylic acids is 1. The van der Waals surface area contributed by atoms with Crippen molar-refractivity contribution in [1.29, 1.82) is 0 Å². The van der Waals surface area contributed by atoms with Gasteiger partial charge in [0.25, 0.3) is 0 Å². The highest BCUT2D eigenvalue weighted by Crippen LogP contribution is 2.27. The molecule has 0 bridgehead atoms. The van der Waals surface area contributed by atoms with E-state index in [9.17, 15) is 4.79 Å². The molecule has 1 unspecified atom stereocenters. The molecule has 110 valence electrons. The quantitative estimate of drug-likeness (QED) is 0.264. The fraction of sp³-hybridized carbons (Fsp3) is 0.846. The summed E-state index contributed by atoms with van der Waals surface area (Å²) in [5.41, 5.74) is 5.63. The highest BCUT2D eigenvalue weighted by Gasteiger charge is 2.33. The number of carbonyl (C=O) groups is 1. The molecule has 0 aromatic heterocycles. The van der Waals surface area contributed by atoms with Gasteiger partial charge in [0, 0.05) is 19.2 Å². The van der Waals surface area contributed by atoms with Gasteiger partial charge in [0.15, 0.2) is 5.84 Å². The Morgan fingerprint density at radius 3 is 2.63 bits per heavy atom. The molecule has 19 heavy (non-hydrogen) atoms. The van der Waals surface area contributed by atoms with Gasteiger partial charge >= 0.3 is 0 Å². The van der Waals surface area contributed by atoms with E-state index in [0.29, 0.717) is 19.4 Å². The molecule has 1 aliphatic rings. The zero-order chi connectivity index (χ0) is 14.3. The van der Waals surface area contributed by atoms with Crippen LogP contribution in [0, 0.1) is 5.92 Å². The maximum atomic E-state index is 12.5. The zero-order valence-electron chi connectivity index (χ0n) is 11.6. The minimum absolute atomic E-state index is 0.0137. The maximum absolute atomic E-state index is 12.5. The molecule has 0 aromatic rings. The van der Waals surface area contributed by atoms with Gasteiger partial charge in [-0.1, -0.05) is 18.5 Å². The van der Waals surface area contributed by atoms with Crippen LogP contribution in [-0.4, -0.2) is 46.1 Å². The predicted molar refractivity (Wildman–Crippen MR) is 72.9 cm³/mol. The third kappa shape index (κ3) is 4.09. The number of hydrogen-bond donors (Lipinski definition) is 3. The summed E-state index contributed by atoms with van der Waals surface area (Å²) in [6.07, 6.45) is 5.09. The van der Waals surface area contributed by atoms with Crippen LogP contribution in [0.15, 0.2) is 5.16 Å². The molecule has 0 heterocycles. The number of oxime groups is 1. The third-order valence-electron chi connectivity index (χ3n) is 3.70. The van der Waals surface area contributed by atoms with Crippen LogP contribution < -0.4 is 5.73 Å². The largest absolute Gasteiger partial charge is 0.409 e. The number of nitrogens with two attached hydrogens (primary N) is 1. The van der Waals surface area contributed by atoms with Crippen molar-refractivity contribution < 1.29 is 15.1 Å². The molecule has 6 heteroatoms. The van der Waals surface area contributed by atoms with Crippen molar-refractivity contribution in [2.75, 3.05) is 13.2 Å². The van der Waals surface area contributed by atoms with Crippen LogP contribution in [0.3, 0.4) is 0 Å². The van der Waals surface area contributed by atoms with E-state index >= 15 is 0 Å². The van der Waals surface area contributed by atoms with E-state index in [1.165, 1.54) is 0 Å². The molecule has 0 aliphatic heterocycles. The Balaban J connectivity index is 2.75. The summed E-state index contributed by atoms with van der Waals surface area (Å²) in [6.45, 7) is 2.57. The molecule has 0 radical (unpaired) electrons. The Kier molecular flexibility index (Phi) is 6.62. The second kappa shape index (κ2) is 7.99. The van der Waals surface area contributed by atoms with Crippen LogP contribution in [-0.2, 0) is 4.79 Å². The van der Waals surface area contributed by atoms with Crippen molar-refractivity contribution in [2.24, 2.45) is 16.8 Å². The highest BCUT2D eigenvalue weighted by atomic mass is 16.4. The minimum Gasteiger partial charge on any atom is -0.409 e. The number of amidine groups is 1. The van der Waals surface area contributed by atoms with Crippen LogP contribution in [0.2, 0.25) is 0 Å². The van der Waals surface area contributed by atoms with Crippen molar-refractivity contribution in [3.05, 3.63) is 0 Å². The van der Waals surface area contributed by atoms with Crippen molar-refractivity contribution in [2.45, 2.75) is 51.5 Å². The first-order valence-corrected chi connectivity index (χ1v) is 7.04. The van der Waals surface area contributed by atoms with Crippen LogP contribution in [0.25, 0.3) is 0 Å². The van der Waals surface area contributed by atoms with E-state index in [4.69, 9.17) is 16.0 Å². The van der Waals surface area contributed by atoms with Crippen molar-refractivity contribution in [3.63, 3.8) is 0 Å². The summed E-state index contributed by atoms with van der Waals surface area (Å²) in [6, 6.07) is 0.255. The van der Waals surface area contributed by atoms with Crippen LogP contribution in [0.4, 0.5) is 0 Å². The van der Waals surface area contributed by atoms with E-state index < -0.39 is 5.92 Å². The van der Waals surface area contributed by atoms with Crippen LogP contribution in [0.5, 0.6) is 0 Å². The molecular weight excluding hydrogens is 246 g/mol.